The maximum absolute atomic E-state index is 3.66. The van der Waals surface area contributed by atoms with Gasteiger partial charge in [0.1, 0.15) is 0 Å². The van der Waals surface area contributed by atoms with E-state index in [2.05, 4.69) is 37.5 Å². The summed E-state index contributed by atoms with van der Waals surface area (Å²) in [4.78, 5) is 1.56. The van der Waals surface area contributed by atoms with Crippen molar-refractivity contribution in [3.05, 3.63) is 21.9 Å². The Kier molecular flexibility index (Phi) is 5.96. The van der Waals surface area contributed by atoms with Gasteiger partial charge in [0, 0.05) is 10.9 Å². The van der Waals surface area contributed by atoms with E-state index in [9.17, 15) is 0 Å². The van der Waals surface area contributed by atoms with Crippen molar-refractivity contribution in [3.8, 4) is 0 Å². The van der Waals surface area contributed by atoms with Crippen LogP contribution in [0.15, 0.2) is 11.4 Å². The highest BCUT2D eigenvalue weighted by Gasteiger charge is 2.14. The van der Waals surface area contributed by atoms with Gasteiger partial charge in [0.2, 0.25) is 0 Å². The van der Waals surface area contributed by atoms with Gasteiger partial charge in [-0.3, -0.25) is 0 Å². The Labute approximate surface area is 97.9 Å². The molecule has 1 N–H and O–H groups in total. The zero-order valence-corrected chi connectivity index (χ0v) is 11.0. The van der Waals surface area contributed by atoms with E-state index < -0.39 is 0 Å². The van der Waals surface area contributed by atoms with Crippen LogP contribution in [0.5, 0.6) is 0 Å². The number of nitrogens with one attached hydrogen (secondary N) is 1. The summed E-state index contributed by atoms with van der Waals surface area (Å²) in [5, 5.41) is 5.88. The first-order valence-electron chi connectivity index (χ1n) is 6.13. The van der Waals surface area contributed by atoms with E-state index in [0.29, 0.717) is 6.04 Å². The van der Waals surface area contributed by atoms with Crippen LogP contribution in [-0.4, -0.2) is 6.54 Å². The van der Waals surface area contributed by atoms with Crippen LogP contribution < -0.4 is 5.32 Å². The third-order valence-electron chi connectivity index (χ3n) is 2.70. The molecule has 0 saturated carbocycles. The van der Waals surface area contributed by atoms with Crippen molar-refractivity contribution < 1.29 is 0 Å². The Morgan fingerprint density at radius 3 is 2.67 bits per heavy atom. The first-order chi connectivity index (χ1) is 7.33. The molecule has 2 heteroatoms. The van der Waals surface area contributed by atoms with Crippen LogP contribution in [0.4, 0.5) is 0 Å². The minimum absolute atomic E-state index is 0.588. The zero-order valence-electron chi connectivity index (χ0n) is 10.2. The van der Waals surface area contributed by atoms with Gasteiger partial charge < -0.3 is 5.32 Å². The van der Waals surface area contributed by atoms with Gasteiger partial charge in [-0.2, -0.15) is 0 Å². The second kappa shape index (κ2) is 7.02. The highest BCUT2D eigenvalue weighted by molar-refractivity contribution is 7.10. The number of hydrogen-bond acceptors (Lipinski definition) is 2. The second-order valence-corrected chi connectivity index (χ2v) is 4.91. The quantitative estimate of drug-likeness (QED) is 0.735. The van der Waals surface area contributed by atoms with Crippen molar-refractivity contribution >= 4 is 11.3 Å². The average Bonchev–Trinajstić information content (AvgIpc) is 2.72. The van der Waals surface area contributed by atoms with E-state index in [0.717, 1.165) is 13.0 Å². The summed E-state index contributed by atoms with van der Waals surface area (Å²) in [7, 11) is 0. The molecule has 1 nitrogen and oxygen atoms in total. The van der Waals surface area contributed by atoms with Gasteiger partial charge in [-0.05, 0) is 42.8 Å². The third-order valence-corrected chi connectivity index (χ3v) is 3.77. The van der Waals surface area contributed by atoms with Crippen LogP contribution in [0.25, 0.3) is 0 Å². The van der Waals surface area contributed by atoms with E-state index in [4.69, 9.17) is 0 Å². The van der Waals surface area contributed by atoms with Crippen LogP contribution >= 0.6 is 11.3 Å². The molecule has 0 fully saturated rings. The molecule has 0 spiro atoms. The molecular formula is C13H23NS. The average molecular weight is 225 g/mol. The van der Waals surface area contributed by atoms with Gasteiger partial charge in [-0.15, -0.1) is 11.3 Å². The van der Waals surface area contributed by atoms with Crippen molar-refractivity contribution in [1.29, 1.82) is 0 Å². The Balaban J connectivity index is 2.69. The molecule has 15 heavy (non-hydrogen) atoms. The van der Waals surface area contributed by atoms with Gasteiger partial charge in [-0.25, -0.2) is 0 Å². The molecular weight excluding hydrogens is 202 g/mol. The Bertz CT molecular complexity index is 267. The van der Waals surface area contributed by atoms with Crippen LogP contribution in [0.3, 0.4) is 0 Å². The van der Waals surface area contributed by atoms with Gasteiger partial charge in [0.05, 0.1) is 0 Å². The maximum Gasteiger partial charge on any atom is 0.0417 e. The molecule has 0 aliphatic heterocycles. The van der Waals surface area contributed by atoms with Crippen molar-refractivity contribution in [2.75, 3.05) is 6.54 Å². The van der Waals surface area contributed by atoms with E-state index in [-0.39, 0.29) is 0 Å². The lowest BCUT2D eigenvalue weighted by Crippen LogP contribution is -2.21. The molecule has 0 radical (unpaired) electrons. The summed E-state index contributed by atoms with van der Waals surface area (Å²) in [6.07, 6.45) is 4.88. The number of aryl methyl sites for hydroxylation is 1. The number of hydrogen-bond donors (Lipinski definition) is 1. The molecule has 0 aliphatic rings. The molecule has 1 rings (SSSR count). The van der Waals surface area contributed by atoms with Gasteiger partial charge in [0.15, 0.2) is 0 Å². The summed E-state index contributed by atoms with van der Waals surface area (Å²) < 4.78 is 0. The molecule has 0 aliphatic carbocycles. The molecule has 0 aromatic carbocycles. The molecule has 1 atom stereocenters. The Morgan fingerprint density at radius 1 is 1.27 bits per heavy atom. The first kappa shape index (κ1) is 12.7. The van der Waals surface area contributed by atoms with E-state index >= 15 is 0 Å². The minimum Gasteiger partial charge on any atom is -0.309 e. The molecule has 0 saturated heterocycles. The van der Waals surface area contributed by atoms with Crippen LogP contribution in [0.1, 0.15) is 56.5 Å². The monoisotopic (exact) mass is 225 g/mol. The summed E-state index contributed by atoms with van der Waals surface area (Å²) >= 11 is 1.91. The smallest absolute Gasteiger partial charge is 0.0417 e. The predicted molar refractivity (Wildman–Crippen MR) is 69.6 cm³/mol. The molecule has 1 unspecified atom stereocenters. The fourth-order valence-corrected chi connectivity index (χ4v) is 2.99. The summed E-state index contributed by atoms with van der Waals surface area (Å²) in [6, 6.07) is 2.86. The second-order valence-electron chi connectivity index (χ2n) is 3.96. The van der Waals surface area contributed by atoms with Crippen molar-refractivity contribution in [2.45, 2.75) is 52.5 Å². The Morgan fingerprint density at radius 2 is 2.07 bits per heavy atom. The molecule has 1 aromatic rings. The van der Waals surface area contributed by atoms with E-state index in [1.807, 2.05) is 11.3 Å². The molecule has 86 valence electrons. The fraction of sp³-hybridized carbons (Fsp3) is 0.692. The van der Waals surface area contributed by atoms with Crippen molar-refractivity contribution in [2.24, 2.45) is 0 Å². The van der Waals surface area contributed by atoms with Crippen LogP contribution in [0.2, 0.25) is 0 Å². The topological polar surface area (TPSA) is 12.0 Å². The summed E-state index contributed by atoms with van der Waals surface area (Å²) in [5.74, 6) is 0. The van der Waals surface area contributed by atoms with Gasteiger partial charge in [-0.1, -0.05) is 27.2 Å². The third kappa shape index (κ3) is 3.62. The summed E-state index contributed by atoms with van der Waals surface area (Å²) in [5.41, 5.74) is 1.53. The number of rotatable bonds is 7. The van der Waals surface area contributed by atoms with Gasteiger partial charge >= 0.3 is 0 Å². The zero-order chi connectivity index (χ0) is 11.1. The lowest BCUT2D eigenvalue weighted by atomic mass is 10.1. The van der Waals surface area contributed by atoms with Gasteiger partial charge in [0.25, 0.3) is 0 Å². The van der Waals surface area contributed by atoms with Crippen LogP contribution in [-0.2, 0) is 6.42 Å². The number of thiophene rings is 1. The largest absolute Gasteiger partial charge is 0.309 e. The SMILES string of the molecule is CCCNC(CCC)c1sccc1CC. The first-order valence-corrected chi connectivity index (χ1v) is 7.01. The highest BCUT2D eigenvalue weighted by Crippen LogP contribution is 2.28. The predicted octanol–water partition coefficient (Wildman–Crippen LogP) is 4.15. The molecule has 1 aromatic heterocycles. The minimum atomic E-state index is 0.588. The molecule has 0 bridgehead atoms. The lowest BCUT2D eigenvalue weighted by Gasteiger charge is -2.18. The normalized spacial score (nSPS) is 13.0. The molecule has 1 heterocycles. The van der Waals surface area contributed by atoms with E-state index in [1.54, 1.807) is 4.88 Å². The van der Waals surface area contributed by atoms with Crippen molar-refractivity contribution in [1.82, 2.24) is 5.32 Å². The fourth-order valence-electron chi connectivity index (χ4n) is 1.88. The maximum atomic E-state index is 3.66. The lowest BCUT2D eigenvalue weighted by molar-refractivity contribution is 0.498. The van der Waals surface area contributed by atoms with Crippen LogP contribution in [0, 0.1) is 0 Å². The standard InChI is InChI=1S/C13H23NS/c1-4-7-12(14-9-5-2)13-11(6-3)8-10-15-13/h8,10,12,14H,4-7,9H2,1-3H3. The highest BCUT2D eigenvalue weighted by atomic mass is 32.1. The van der Waals surface area contributed by atoms with E-state index in [1.165, 1.54) is 24.8 Å². The molecule has 0 amide bonds. The Hall–Kier alpha value is -0.340. The van der Waals surface area contributed by atoms with Crippen molar-refractivity contribution in [3.63, 3.8) is 0 Å². The summed E-state index contributed by atoms with van der Waals surface area (Å²) in [6.45, 7) is 7.87.